The second-order valence-corrected chi connectivity index (χ2v) is 5.50. The van der Waals surface area contributed by atoms with E-state index in [2.05, 4.69) is 6.92 Å². The van der Waals surface area contributed by atoms with Crippen molar-refractivity contribution < 1.29 is 0 Å². The van der Waals surface area contributed by atoms with Crippen LogP contribution in [-0.2, 0) is 0 Å². The van der Waals surface area contributed by atoms with Gasteiger partial charge in [-0.15, -0.1) is 0 Å². The molecule has 13 heavy (non-hydrogen) atoms. The standard InChI is InChI=1S/C13H24/c1-11(6-8-13-9-10-13)5-7-12-3-2-4-12/h11-13H,2-10H2,1H3. The highest BCUT2D eigenvalue weighted by Gasteiger charge is 2.22. The number of hydrogen-bond acceptors (Lipinski definition) is 0. The minimum atomic E-state index is 1.01. The SMILES string of the molecule is CC(CCC1CCC1)CCC1CC1. The first-order chi connectivity index (χ1) is 6.34. The summed E-state index contributed by atoms with van der Waals surface area (Å²) < 4.78 is 0. The second kappa shape index (κ2) is 4.48. The molecule has 0 aromatic carbocycles. The monoisotopic (exact) mass is 180 g/mol. The average molecular weight is 180 g/mol. The first-order valence-corrected chi connectivity index (χ1v) is 6.34. The van der Waals surface area contributed by atoms with Crippen molar-refractivity contribution in [3.05, 3.63) is 0 Å². The molecule has 0 nitrogen and oxygen atoms in total. The van der Waals surface area contributed by atoms with Gasteiger partial charge >= 0.3 is 0 Å². The normalized spacial score (nSPS) is 25.6. The third-order valence-corrected chi connectivity index (χ3v) is 4.06. The molecule has 2 saturated carbocycles. The fourth-order valence-electron chi connectivity index (χ4n) is 2.37. The van der Waals surface area contributed by atoms with Crippen LogP contribution in [0, 0.1) is 17.8 Å². The molecule has 0 bridgehead atoms. The molecular weight excluding hydrogens is 156 g/mol. The molecule has 0 saturated heterocycles. The van der Waals surface area contributed by atoms with Crippen LogP contribution in [-0.4, -0.2) is 0 Å². The molecule has 2 aliphatic rings. The predicted octanol–water partition coefficient (Wildman–Crippen LogP) is 4.39. The van der Waals surface area contributed by atoms with E-state index in [9.17, 15) is 0 Å². The summed E-state index contributed by atoms with van der Waals surface area (Å²) in [5.74, 6) is 3.29. The Morgan fingerprint density at radius 3 is 1.85 bits per heavy atom. The zero-order chi connectivity index (χ0) is 9.10. The minimum Gasteiger partial charge on any atom is -0.0625 e. The van der Waals surface area contributed by atoms with Gasteiger partial charge in [0.15, 0.2) is 0 Å². The highest BCUT2D eigenvalue weighted by molar-refractivity contribution is 4.75. The van der Waals surface area contributed by atoms with Crippen LogP contribution in [0.5, 0.6) is 0 Å². The van der Waals surface area contributed by atoms with E-state index in [1.165, 1.54) is 57.8 Å². The van der Waals surface area contributed by atoms with Crippen molar-refractivity contribution in [1.82, 2.24) is 0 Å². The Kier molecular flexibility index (Phi) is 3.29. The summed E-state index contributed by atoms with van der Waals surface area (Å²) >= 11 is 0. The smallest absolute Gasteiger partial charge is 0.0414 e. The molecule has 0 amide bonds. The Bertz CT molecular complexity index is 142. The van der Waals surface area contributed by atoms with E-state index in [4.69, 9.17) is 0 Å². The van der Waals surface area contributed by atoms with Gasteiger partial charge in [0, 0.05) is 0 Å². The maximum Gasteiger partial charge on any atom is -0.0414 e. The molecule has 0 aliphatic heterocycles. The quantitative estimate of drug-likeness (QED) is 0.568. The number of hydrogen-bond donors (Lipinski definition) is 0. The van der Waals surface area contributed by atoms with E-state index in [1.807, 2.05) is 0 Å². The van der Waals surface area contributed by atoms with Gasteiger partial charge in [0.05, 0.1) is 0 Å². The number of rotatable bonds is 6. The molecule has 2 fully saturated rings. The lowest BCUT2D eigenvalue weighted by molar-refractivity contribution is 0.268. The van der Waals surface area contributed by atoms with Gasteiger partial charge in [-0.05, 0) is 17.8 Å². The zero-order valence-electron chi connectivity index (χ0n) is 9.10. The summed E-state index contributed by atoms with van der Waals surface area (Å²) in [7, 11) is 0. The maximum atomic E-state index is 2.46. The second-order valence-electron chi connectivity index (χ2n) is 5.50. The Morgan fingerprint density at radius 2 is 1.46 bits per heavy atom. The van der Waals surface area contributed by atoms with Crippen LogP contribution < -0.4 is 0 Å². The fourth-order valence-corrected chi connectivity index (χ4v) is 2.37. The van der Waals surface area contributed by atoms with Gasteiger partial charge in [-0.3, -0.25) is 0 Å². The molecule has 2 aliphatic carbocycles. The van der Waals surface area contributed by atoms with E-state index >= 15 is 0 Å². The lowest BCUT2D eigenvalue weighted by Gasteiger charge is -2.26. The Morgan fingerprint density at radius 1 is 0.923 bits per heavy atom. The Hall–Kier alpha value is 0. The minimum absolute atomic E-state index is 1.01. The summed E-state index contributed by atoms with van der Waals surface area (Å²) in [5.41, 5.74) is 0. The molecule has 0 aromatic heterocycles. The highest BCUT2D eigenvalue weighted by atomic mass is 14.3. The van der Waals surface area contributed by atoms with Crippen LogP contribution >= 0.6 is 0 Å². The van der Waals surface area contributed by atoms with Crippen molar-refractivity contribution in [3.8, 4) is 0 Å². The van der Waals surface area contributed by atoms with Gasteiger partial charge in [-0.2, -0.15) is 0 Å². The summed E-state index contributed by atoms with van der Waals surface area (Å²) in [6, 6.07) is 0. The molecule has 76 valence electrons. The van der Waals surface area contributed by atoms with Crippen molar-refractivity contribution in [3.63, 3.8) is 0 Å². The van der Waals surface area contributed by atoms with Crippen LogP contribution in [0.25, 0.3) is 0 Å². The van der Waals surface area contributed by atoms with E-state index < -0.39 is 0 Å². The van der Waals surface area contributed by atoms with Crippen LogP contribution in [0.1, 0.15) is 64.7 Å². The summed E-state index contributed by atoms with van der Waals surface area (Å²) in [6.45, 7) is 2.46. The molecule has 2 rings (SSSR count). The molecule has 0 heterocycles. The van der Waals surface area contributed by atoms with Gasteiger partial charge in [0.25, 0.3) is 0 Å². The lowest BCUT2D eigenvalue weighted by Crippen LogP contribution is -2.12. The van der Waals surface area contributed by atoms with Gasteiger partial charge in [0.2, 0.25) is 0 Å². The lowest BCUT2D eigenvalue weighted by atomic mass is 9.80. The van der Waals surface area contributed by atoms with E-state index in [0.717, 1.165) is 17.8 Å². The zero-order valence-corrected chi connectivity index (χ0v) is 9.10. The van der Waals surface area contributed by atoms with E-state index in [1.54, 1.807) is 0 Å². The third-order valence-electron chi connectivity index (χ3n) is 4.06. The van der Waals surface area contributed by atoms with Crippen molar-refractivity contribution in [1.29, 1.82) is 0 Å². The molecule has 1 unspecified atom stereocenters. The largest absolute Gasteiger partial charge is 0.0625 e. The summed E-state index contributed by atoms with van der Waals surface area (Å²) in [6.07, 6.45) is 13.8. The van der Waals surface area contributed by atoms with Gasteiger partial charge in [0.1, 0.15) is 0 Å². The van der Waals surface area contributed by atoms with Crippen LogP contribution in [0.3, 0.4) is 0 Å². The third kappa shape index (κ3) is 3.32. The first-order valence-electron chi connectivity index (χ1n) is 6.34. The summed E-state index contributed by atoms with van der Waals surface area (Å²) in [4.78, 5) is 0. The molecule has 0 aromatic rings. The van der Waals surface area contributed by atoms with Crippen LogP contribution in [0.15, 0.2) is 0 Å². The molecule has 0 N–H and O–H groups in total. The molecular formula is C13H24. The van der Waals surface area contributed by atoms with Crippen LogP contribution in [0.4, 0.5) is 0 Å². The average Bonchev–Trinajstić information content (AvgIpc) is 2.80. The van der Waals surface area contributed by atoms with Crippen molar-refractivity contribution in [2.75, 3.05) is 0 Å². The molecule has 0 spiro atoms. The first kappa shape index (κ1) is 9.55. The van der Waals surface area contributed by atoms with Gasteiger partial charge in [-0.25, -0.2) is 0 Å². The van der Waals surface area contributed by atoms with Crippen molar-refractivity contribution in [2.24, 2.45) is 17.8 Å². The van der Waals surface area contributed by atoms with E-state index in [0.29, 0.717) is 0 Å². The van der Waals surface area contributed by atoms with Crippen LogP contribution in [0.2, 0.25) is 0 Å². The van der Waals surface area contributed by atoms with E-state index in [-0.39, 0.29) is 0 Å². The van der Waals surface area contributed by atoms with Crippen molar-refractivity contribution >= 4 is 0 Å². The Labute approximate surface area is 83.1 Å². The van der Waals surface area contributed by atoms with Gasteiger partial charge in [-0.1, -0.05) is 64.7 Å². The molecule has 1 atom stereocenters. The molecule has 0 radical (unpaired) electrons. The maximum absolute atomic E-state index is 2.46. The topological polar surface area (TPSA) is 0 Å². The molecule has 0 heteroatoms. The fraction of sp³-hybridized carbons (Fsp3) is 1.00. The summed E-state index contributed by atoms with van der Waals surface area (Å²) in [5, 5.41) is 0. The highest BCUT2D eigenvalue weighted by Crippen LogP contribution is 2.36. The van der Waals surface area contributed by atoms with Crippen molar-refractivity contribution in [2.45, 2.75) is 64.7 Å². The van der Waals surface area contributed by atoms with Gasteiger partial charge < -0.3 is 0 Å². The Balaban J connectivity index is 1.47. The predicted molar refractivity (Wildman–Crippen MR) is 57.7 cm³/mol.